The summed E-state index contributed by atoms with van der Waals surface area (Å²) < 4.78 is 44.3. The van der Waals surface area contributed by atoms with Crippen LogP contribution in [0, 0.1) is 6.92 Å². The van der Waals surface area contributed by atoms with Crippen molar-refractivity contribution in [2.45, 2.75) is 61.6 Å². The molecule has 0 radical (unpaired) electrons. The molecule has 5 rings (SSSR count). The van der Waals surface area contributed by atoms with Gasteiger partial charge in [-0.2, -0.15) is 4.31 Å². The number of likely N-dealkylation sites (tertiary alicyclic amines) is 1. The van der Waals surface area contributed by atoms with E-state index in [1.165, 1.54) is 22.8 Å². The molecule has 2 saturated heterocycles. The Morgan fingerprint density at radius 2 is 1.74 bits per heavy atom. The number of esters is 1. The molecular formula is C34H43N3O8S2. The number of benzene rings is 2. The maximum absolute atomic E-state index is 13.4. The zero-order valence-corrected chi connectivity index (χ0v) is 28.6. The molecule has 13 heteroatoms. The number of aryl methyl sites for hydroxylation is 1. The number of sulfonamides is 1. The molecule has 0 saturated carbocycles. The molecule has 3 aromatic rings. The van der Waals surface area contributed by atoms with Crippen LogP contribution in [0.1, 0.15) is 41.7 Å². The minimum atomic E-state index is -3.88. The van der Waals surface area contributed by atoms with Crippen LogP contribution >= 0.6 is 11.3 Å². The third-order valence-corrected chi connectivity index (χ3v) is 11.9. The number of carbonyl (C=O) groups excluding carboxylic acids is 2. The molecule has 2 atom stereocenters. The number of ether oxygens (including phenoxy) is 3. The summed E-state index contributed by atoms with van der Waals surface area (Å²) in [4.78, 5) is 29.3. The Hall–Kier alpha value is -3.49. The number of thiophene rings is 1. The van der Waals surface area contributed by atoms with Crippen LogP contribution in [0.5, 0.6) is 11.5 Å². The number of aliphatic hydroxyl groups is 1. The van der Waals surface area contributed by atoms with Crippen molar-refractivity contribution in [1.29, 1.82) is 0 Å². The Labute approximate surface area is 280 Å². The minimum Gasteiger partial charge on any atom is -0.495 e. The van der Waals surface area contributed by atoms with Gasteiger partial charge in [0.15, 0.2) is 0 Å². The lowest BCUT2D eigenvalue weighted by molar-refractivity contribution is -0.145. The van der Waals surface area contributed by atoms with Crippen LogP contribution in [0.25, 0.3) is 0 Å². The molecule has 254 valence electrons. The molecule has 2 aliphatic rings. The Morgan fingerprint density at radius 1 is 1.04 bits per heavy atom. The number of hydrogen-bond donors (Lipinski definition) is 2. The number of piperidine rings is 1. The number of methoxy groups -OCH3 is 2. The fraction of sp³-hybridized carbons (Fsp3) is 0.471. The summed E-state index contributed by atoms with van der Waals surface area (Å²) in [6.45, 7) is 4.79. The predicted molar refractivity (Wildman–Crippen MR) is 178 cm³/mol. The summed E-state index contributed by atoms with van der Waals surface area (Å²) >= 11 is 1.52. The van der Waals surface area contributed by atoms with E-state index in [0.29, 0.717) is 44.6 Å². The van der Waals surface area contributed by atoms with Crippen LogP contribution in [-0.2, 0) is 36.4 Å². The summed E-state index contributed by atoms with van der Waals surface area (Å²) in [6.07, 6.45) is 2.31. The molecule has 1 aromatic heterocycles. The van der Waals surface area contributed by atoms with E-state index in [9.17, 15) is 23.1 Å². The van der Waals surface area contributed by atoms with Gasteiger partial charge < -0.3 is 24.6 Å². The van der Waals surface area contributed by atoms with Gasteiger partial charge in [-0.1, -0.05) is 29.8 Å². The van der Waals surface area contributed by atoms with Crippen molar-refractivity contribution in [2.75, 3.05) is 47.0 Å². The normalized spacial score (nSPS) is 19.2. The van der Waals surface area contributed by atoms with E-state index in [-0.39, 0.29) is 17.9 Å². The highest BCUT2D eigenvalue weighted by Gasteiger charge is 2.41. The highest BCUT2D eigenvalue weighted by Crippen LogP contribution is 2.41. The van der Waals surface area contributed by atoms with Gasteiger partial charge in [0.05, 0.1) is 24.0 Å². The average Bonchev–Trinajstić information content (AvgIpc) is 3.77. The molecular weight excluding hydrogens is 643 g/mol. The van der Waals surface area contributed by atoms with Gasteiger partial charge in [-0.15, -0.1) is 11.3 Å². The standard InChI is InChI=1S/C34H43N3O8S2/c1-24-6-12-27(13-7-24)47(41,42)37-17-4-5-29(37)32(38)35-28(33(39)44-3)23-25-8-10-26(11-9-25)45-21-20-36-18-15-34(40,16-19-36)31-30(43-2)14-22-46-31/h6-14,22,28-29,40H,4-5,15-21,23H2,1-3H3,(H,35,38)/t28-,29-/m0/s1. The van der Waals surface area contributed by atoms with Crippen LogP contribution in [0.15, 0.2) is 64.9 Å². The van der Waals surface area contributed by atoms with E-state index in [1.54, 1.807) is 31.4 Å². The molecule has 0 bridgehead atoms. The zero-order chi connectivity index (χ0) is 33.6. The first kappa shape index (κ1) is 34.8. The molecule has 0 spiro atoms. The lowest BCUT2D eigenvalue weighted by Crippen LogP contribution is -2.51. The number of hydrogen-bond acceptors (Lipinski definition) is 10. The largest absolute Gasteiger partial charge is 0.495 e. The van der Waals surface area contributed by atoms with Gasteiger partial charge in [-0.25, -0.2) is 13.2 Å². The van der Waals surface area contributed by atoms with E-state index in [4.69, 9.17) is 14.2 Å². The topological polar surface area (TPSA) is 135 Å². The second-order valence-corrected chi connectivity index (χ2v) is 14.9. The molecule has 2 aliphatic heterocycles. The number of amides is 1. The van der Waals surface area contributed by atoms with Crippen molar-refractivity contribution in [3.63, 3.8) is 0 Å². The Bertz CT molecular complexity index is 1620. The van der Waals surface area contributed by atoms with E-state index >= 15 is 0 Å². The maximum atomic E-state index is 13.4. The van der Waals surface area contributed by atoms with Gasteiger partial charge in [0.2, 0.25) is 15.9 Å². The summed E-state index contributed by atoms with van der Waals surface area (Å²) in [7, 11) is -1.01. The first-order valence-corrected chi connectivity index (χ1v) is 18.1. The first-order valence-electron chi connectivity index (χ1n) is 15.8. The van der Waals surface area contributed by atoms with Crippen molar-refractivity contribution in [3.05, 3.63) is 76.0 Å². The van der Waals surface area contributed by atoms with E-state index < -0.39 is 39.6 Å². The molecule has 11 nitrogen and oxygen atoms in total. The Balaban J connectivity index is 1.12. The van der Waals surface area contributed by atoms with Crippen LogP contribution < -0.4 is 14.8 Å². The fourth-order valence-corrected chi connectivity index (χ4v) is 8.84. The fourth-order valence-electron chi connectivity index (χ4n) is 6.16. The van der Waals surface area contributed by atoms with Crippen LogP contribution in [-0.4, -0.2) is 93.7 Å². The van der Waals surface area contributed by atoms with Crippen molar-refractivity contribution < 1.29 is 37.3 Å². The lowest BCUT2D eigenvalue weighted by Gasteiger charge is -2.37. The van der Waals surface area contributed by atoms with Crippen LogP contribution in [0.3, 0.4) is 0 Å². The van der Waals surface area contributed by atoms with Crippen molar-refractivity contribution >= 4 is 33.2 Å². The number of nitrogens with zero attached hydrogens (tertiary/aromatic N) is 2. The average molecular weight is 686 g/mol. The SMILES string of the molecule is COC(=O)[C@H](Cc1ccc(OCCN2CCC(O)(c3sccc3OC)CC2)cc1)NC(=O)[C@@H]1CCCN1S(=O)(=O)c1ccc(C)cc1. The van der Waals surface area contributed by atoms with E-state index in [0.717, 1.165) is 34.8 Å². The molecule has 0 unspecified atom stereocenters. The quantitative estimate of drug-likeness (QED) is 0.260. The summed E-state index contributed by atoms with van der Waals surface area (Å²) in [5, 5.41) is 15.9. The number of carbonyl (C=O) groups is 2. The van der Waals surface area contributed by atoms with Gasteiger partial charge in [-0.05, 0) is 73.9 Å². The molecule has 2 N–H and O–H groups in total. The number of nitrogens with one attached hydrogen (secondary N) is 1. The zero-order valence-electron chi connectivity index (χ0n) is 27.0. The monoisotopic (exact) mass is 685 g/mol. The third kappa shape index (κ3) is 8.15. The molecule has 2 fully saturated rings. The maximum Gasteiger partial charge on any atom is 0.328 e. The lowest BCUT2D eigenvalue weighted by atomic mass is 9.89. The highest BCUT2D eigenvalue weighted by atomic mass is 32.2. The van der Waals surface area contributed by atoms with Gasteiger partial charge in [0, 0.05) is 32.6 Å². The predicted octanol–water partition coefficient (Wildman–Crippen LogP) is 3.48. The second-order valence-electron chi connectivity index (χ2n) is 12.1. The van der Waals surface area contributed by atoms with Gasteiger partial charge in [0.25, 0.3) is 0 Å². The smallest absolute Gasteiger partial charge is 0.328 e. The summed E-state index contributed by atoms with van der Waals surface area (Å²) in [6, 6.07) is 13.8. The molecule has 1 amide bonds. The Morgan fingerprint density at radius 3 is 2.40 bits per heavy atom. The molecule has 0 aliphatic carbocycles. The molecule has 2 aromatic carbocycles. The van der Waals surface area contributed by atoms with Crippen LogP contribution in [0.2, 0.25) is 0 Å². The van der Waals surface area contributed by atoms with Crippen molar-refractivity contribution in [2.24, 2.45) is 0 Å². The van der Waals surface area contributed by atoms with Gasteiger partial charge >= 0.3 is 5.97 Å². The second kappa shape index (κ2) is 15.2. The number of rotatable bonds is 13. The first-order chi connectivity index (χ1) is 22.5. The van der Waals surface area contributed by atoms with Crippen molar-refractivity contribution in [1.82, 2.24) is 14.5 Å². The van der Waals surface area contributed by atoms with Crippen LogP contribution in [0.4, 0.5) is 0 Å². The Kier molecular flexibility index (Phi) is 11.2. The van der Waals surface area contributed by atoms with Gasteiger partial charge in [0.1, 0.15) is 35.8 Å². The minimum absolute atomic E-state index is 0.132. The molecule has 3 heterocycles. The highest BCUT2D eigenvalue weighted by molar-refractivity contribution is 7.89. The summed E-state index contributed by atoms with van der Waals surface area (Å²) in [5.41, 5.74) is 0.844. The van der Waals surface area contributed by atoms with Gasteiger partial charge in [-0.3, -0.25) is 9.69 Å². The molecule has 47 heavy (non-hydrogen) atoms. The summed E-state index contributed by atoms with van der Waals surface area (Å²) in [5.74, 6) is 0.268. The van der Waals surface area contributed by atoms with E-state index in [1.807, 2.05) is 42.6 Å². The van der Waals surface area contributed by atoms with Crippen molar-refractivity contribution in [3.8, 4) is 11.5 Å². The van der Waals surface area contributed by atoms with E-state index in [2.05, 4.69) is 10.2 Å². The third-order valence-electron chi connectivity index (χ3n) is 8.93.